The van der Waals surface area contributed by atoms with E-state index in [0.717, 1.165) is 31.4 Å². The molecule has 2 aromatic rings. The van der Waals surface area contributed by atoms with Crippen LogP contribution in [0.25, 0.3) is 0 Å². The first kappa shape index (κ1) is 41.3. The Morgan fingerprint density at radius 1 is 1.10 bits per heavy atom. The summed E-state index contributed by atoms with van der Waals surface area (Å²) in [6.45, 7) is 15.2. The molecule has 50 heavy (non-hydrogen) atoms. The number of aliphatic carboxylic acids is 1. The number of nitrogens with zero attached hydrogens (tertiary/aromatic N) is 3. The van der Waals surface area contributed by atoms with E-state index in [9.17, 15) is 24.3 Å². The molecule has 0 unspecified atom stereocenters. The molecule has 1 aromatic carbocycles. The van der Waals surface area contributed by atoms with Crippen LogP contribution < -0.4 is 5.32 Å². The Kier molecular flexibility index (Phi) is 15.6. The Morgan fingerprint density at radius 2 is 1.78 bits per heavy atom. The molecule has 11 heteroatoms. The van der Waals surface area contributed by atoms with E-state index >= 15 is 0 Å². The van der Waals surface area contributed by atoms with E-state index in [1.54, 1.807) is 12.3 Å². The zero-order valence-corrected chi connectivity index (χ0v) is 32.4. The number of carboxylic acid groups (broad SMARTS) is 1. The van der Waals surface area contributed by atoms with E-state index in [4.69, 9.17) is 9.72 Å². The van der Waals surface area contributed by atoms with Crippen molar-refractivity contribution in [1.82, 2.24) is 20.1 Å². The highest BCUT2D eigenvalue weighted by molar-refractivity contribution is 7.09. The SMILES string of the molecule is CCO[C@H](C[C@H](C(C)C)N(C)C(=O)[C@@H](CC(=O)[C@@]1(C)CCCN1C)[C@@H](C)CC)c1nc(C(=O)N[C@@H](Cc2ccccc2)C[C@H](C)C(=O)O)cs1. The maximum atomic E-state index is 14.3. The third kappa shape index (κ3) is 10.7. The molecular weight excluding hydrogens is 653 g/mol. The van der Waals surface area contributed by atoms with Gasteiger partial charge in [0.15, 0.2) is 5.78 Å². The van der Waals surface area contributed by atoms with E-state index in [1.807, 2.05) is 63.2 Å². The fraction of sp³-hybridized carbons (Fsp3) is 0.667. The molecule has 2 amide bonds. The molecule has 1 aliphatic rings. The van der Waals surface area contributed by atoms with E-state index < -0.39 is 35.5 Å². The van der Waals surface area contributed by atoms with Gasteiger partial charge in [0.2, 0.25) is 5.91 Å². The maximum Gasteiger partial charge on any atom is 0.306 e. The van der Waals surface area contributed by atoms with Gasteiger partial charge in [-0.2, -0.15) is 0 Å². The molecular formula is C39H60N4O6S. The summed E-state index contributed by atoms with van der Waals surface area (Å²) in [5.41, 5.74) is 0.721. The number of ketones is 1. The molecule has 0 saturated carbocycles. The first-order chi connectivity index (χ1) is 23.6. The van der Waals surface area contributed by atoms with Gasteiger partial charge in [0.25, 0.3) is 5.91 Å². The number of rotatable bonds is 20. The molecule has 2 N–H and O–H groups in total. The van der Waals surface area contributed by atoms with E-state index in [-0.39, 0.29) is 54.0 Å². The van der Waals surface area contributed by atoms with Crippen molar-refractivity contribution < 1.29 is 29.0 Å². The van der Waals surface area contributed by atoms with Crippen molar-refractivity contribution in [2.24, 2.45) is 23.7 Å². The standard InChI is InChI=1S/C39H60N4O6S/c1-10-26(5)30(22-34(44)39(7)18-15-19-42(39)8)37(46)43(9)32(25(3)4)23-33(49-11-2)36-41-31(24-50-36)35(45)40-29(20-27(6)38(47)48)21-28-16-13-12-14-17-28/h12-14,16-17,24-27,29-30,32-33H,10-11,15,18-23H2,1-9H3,(H,40,45)(H,47,48)/t26-,27-,29+,30-,32+,33+,39+/m0/s1. The second-order valence-electron chi connectivity index (χ2n) is 14.8. The molecule has 0 radical (unpaired) electrons. The lowest BCUT2D eigenvalue weighted by molar-refractivity contribution is -0.144. The molecule has 2 heterocycles. The van der Waals surface area contributed by atoms with Crippen molar-refractivity contribution in [3.8, 4) is 0 Å². The number of ether oxygens (including phenoxy) is 1. The minimum atomic E-state index is -0.909. The summed E-state index contributed by atoms with van der Waals surface area (Å²) < 4.78 is 6.21. The third-order valence-corrected chi connectivity index (χ3v) is 11.8. The van der Waals surface area contributed by atoms with Crippen molar-refractivity contribution in [2.75, 3.05) is 27.2 Å². The number of carboxylic acids is 1. The number of carbonyl (C=O) groups excluding carboxylic acids is 3. The van der Waals surface area contributed by atoms with E-state index in [2.05, 4.69) is 37.9 Å². The van der Waals surface area contributed by atoms with Gasteiger partial charge in [-0.3, -0.25) is 24.1 Å². The van der Waals surface area contributed by atoms with E-state index in [0.29, 0.717) is 24.5 Å². The van der Waals surface area contributed by atoms with Crippen LogP contribution in [0.4, 0.5) is 0 Å². The molecule has 10 nitrogen and oxygen atoms in total. The fourth-order valence-electron chi connectivity index (χ4n) is 7.07. The minimum Gasteiger partial charge on any atom is -0.481 e. The van der Waals surface area contributed by atoms with Crippen LogP contribution >= 0.6 is 11.3 Å². The Balaban J connectivity index is 1.79. The van der Waals surface area contributed by atoms with Crippen LogP contribution in [0.15, 0.2) is 35.7 Å². The first-order valence-corrected chi connectivity index (χ1v) is 19.2. The summed E-state index contributed by atoms with van der Waals surface area (Å²) in [5.74, 6) is -2.07. The summed E-state index contributed by atoms with van der Waals surface area (Å²) in [6.07, 6.45) is 3.62. The molecule has 278 valence electrons. The van der Waals surface area contributed by atoms with Gasteiger partial charge in [0.05, 0.1) is 11.5 Å². The Labute approximate surface area is 303 Å². The van der Waals surface area contributed by atoms with Crippen LogP contribution in [0.5, 0.6) is 0 Å². The van der Waals surface area contributed by atoms with Crippen molar-refractivity contribution in [3.05, 3.63) is 52.0 Å². The van der Waals surface area contributed by atoms with Crippen LogP contribution in [0, 0.1) is 23.7 Å². The number of likely N-dealkylation sites (N-methyl/N-ethyl adjacent to an activating group) is 1. The van der Waals surface area contributed by atoms with Crippen molar-refractivity contribution in [2.45, 2.75) is 117 Å². The Morgan fingerprint density at radius 3 is 2.34 bits per heavy atom. The molecule has 1 fully saturated rings. The zero-order valence-electron chi connectivity index (χ0n) is 31.6. The lowest BCUT2D eigenvalue weighted by Crippen LogP contribution is -2.50. The average molecular weight is 713 g/mol. The summed E-state index contributed by atoms with van der Waals surface area (Å²) in [4.78, 5) is 61.7. The number of likely N-dealkylation sites (tertiary alicyclic amines) is 1. The van der Waals surface area contributed by atoms with Crippen LogP contribution in [-0.4, -0.2) is 88.3 Å². The predicted octanol–water partition coefficient (Wildman–Crippen LogP) is 6.65. The number of nitrogens with one attached hydrogen (secondary N) is 1. The number of carbonyl (C=O) groups is 4. The van der Waals surface area contributed by atoms with Crippen LogP contribution in [0.2, 0.25) is 0 Å². The first-order valence-electron chi connectivity index (χ1n) is 18.3. The highest BCUT2D eigenvalue weighted by atomic mass is 32.1. The molecule has 3 rings (SSSR count). The van der Waals surface area contributed by atoms with Crippen LogP contribution in [0.3, 0.4) is 0 Å². The van der Waals surface area contributed by atoms with Gasteiger partial charge in [-0.05, 0) is 70.5 Å². The second kappa shape index (κ2) is 18.9. The smallest absolute Gasteiger partial charge is 0.306 e. The average Bonchev–Trinajstić information content (AvgIpc) is 3.71. The van der Waals surface area contributed by atoms with Gasteiger partial charge in [-0.15, -0.1) is 11.3 Å². The van der Waals surface area contributed by atoms with Gasteiger partial charge in [0, 0.05) is 49.9 Å². The molecule has 1 saturated heterocycles. The number of aromatic nitrogens is 1. The summed E-state index contributed by atoms with van der Waals surface area (Å²) in [6, 6.07) is 9.09. The summed E-state index contributed by atoms with van der Waals surface area (Å²) in [5, 5.41) is 14.9. The number of thiazole rings is 1. The zero-order chi connectivity index (χ0) is 37.2. The van der Waals surface area contributed by atoms with Gasteiger partial charge >= 0.3 is 5.97 Å². The molecule has 7 atom stereocenters. The third-order valence-electron chi connectivity index (χ3n) is 10.8. The second-order valence-corrected chi connectivity index (χ2v) is 15.7. The number of benzene rings is 1. The van der Waals surface area contributed by atoms with Crippen LogP contribution in [-0.2, 0) is 25.5 Å². The Hall–Kier alpha value is -3.15. The van der Waals surface area contributed by atoms with Gasteiger partial charge in [-0.25, -0.2) is 4.98 Å². The molecule has 1 aliphatic heterocycles. The van der Waals surface area contributed by atoms with E-state index in [1.165, 1.54) is 11.3 Å². The normalized spacial score (nSPS) is 20.1. The van der Waals surface area contributed by atoms with Crippen molar-refractivity contribution in [3.63, 3.8) is 0 Å². The number of hydrogen-bond acceptors (Lipinski definition) is 8. The molecule has 0 bridgehead atoms. The van der Waals surface area contributed by atoms with Crippen LogP contribution in [0.1, 0.15) is 114 Å². The quantitative estimate of drug-likeness (QED) is 0.156. The number of Topliss-reactive ketones (excluding diaryl/α,β-unsaturated/α-hetero) is 1. The Bertz CT molecular complexity index is 1420. The van der Waals surface area contributed by atoms with Gasteiger partial charge < -0.3 is 20.1 Å². The van der Waals surface area contributed by atoms with Gasteiger partial charge in [0.1, 0.15) is 16.8 Å². The number of hydrogen-bond donors (Lipinski definition) is 2. The lowest BCUT2D eigenvalue weighted by Gasteiger charge is -2.38. The summed E-state index contributed by atoms with van der Waals surface area (Å²) >= 11 is 1.34. The van der Waals surface area contributed by atoms with Crippen molar-refractivity contribution in [1.29, 1.82) is 0 Å². The highest BCUT2D eigenvalue weighted by Gasteiger charge is 2.43. The largest absolute Gasteiger partial charge is 0.481 e. The lowest BCUT2D eigenvalue weighted by atomic mass is 9.80. The summed E-state index contributed by atoms with van der Waals surface area (Å²) in [7, 11) is 3.83. The molecule has 0 spiro atoms. The minimum absolute atomic E-state index is 0.0230. The monoisotopic (exact) mass is 712 g/mol. The van der Waals surface area contributed by atoms with Crippen molar-refractivity contribution >= 4 is 34.9 Å². The number of amides is 2. The fourth-order valence-corrected chi connectivity index (χ4v) is 7.93. The molecule has 0 aliphatic carbocycles. The maximum absolute atomic E-state index is 14.3. The highest BCUT2D eigenvalue weighted by Crippen LogP contribution is 2.35. The van der Waals surface area contributed by atoms with Gasteiger partial charge in [-0.1, -0.05) is 71.4 Å². The molecule has 1 aromatic heterocycles. The topological polar surface area (TPSA) is 129 Å². The predicted molar refractivity (Wildman–Crippen MR) is 198 cm³/mol.